The molecule has 0 radical (unpaired) electrons. The highest BCUT2D eigenvalue weighted by Crippen LogP contribution is 2.81. The first-order chi connectivity index (χ1) is 14.6. The molecule has 1 aliphatic heterocycles. The van der Waals surface area contributed by atoms with Crippen LogP contribution in [0.3, 0.4) is 0 Å². The van der Waals surface area contributed by atoms with Crippen LogP contribution in [0.4, 0.5) is 8.78 Å². The van der Waals surface area contributed by atoms with Crippen molar-refractivity contribution in [2.24, 2.45) is 10.2 Å². The van der Waals surface area contributed by atoms with Crippen molar-refractivity contribution in [3.63, 3.8) is 0 Å². The van der Waals surface area contributed by atoms with E-state index in [0.29, 0.717) is 6.07 Å². The fraction of sp³-hybridized carbons (Fsp3) is 0.611. The molecule has 1 heterocycles. The third-order valence-electron chi connectivity index (χ3n) is 4.35. The number of ketones is 1. The minimum atomic E-state index is -4.34. The van der Waals surface area contributed by atoms with Gasteiger partial charge in [-0.15, -0.1) is 0 Å². The van der Waals surface area contributed by atoms with E-state index < -0.39 is 50.1 Å². The third-order valence-corrected chi connectivity index (χ3v) is 10.5. The number of benzene rings is 1. The Kier molecular flexibility index (Phi) is 8.78. The molecule has 0 amide bonds. The summed E-state index contributed by atoms with van der Waals surface area (Å²) >= 11 is 0. The van der Waals surface area contributed by atoms with Crippen LogP contribution >= 0.6 is 15.2 Å². The SMILES string of the molecule is CCOP(=O)(OCC)C1(P(=O)(OCC)OCC)CC(C(=O)c2cc(F)cc(F)c2)N=N1. The van der Waals surface area contributed by atoms with Gasteiger partial charge in [0.25, 0.3) is 5.02 Å². The molecule has 0 fully saturated rings. The highest BCUT2D eigenvalue weighted by molar-refractivity contribution is 7.74. The van der Waals surface area contributed by atoms with Gasteiger partial charge in [-0.1, -0.05) is 0 Å². The van der Waals surface area contributed by atoms with Crippen molar-refractivity contribution < 1.29 is 40.8 Å². The second-order valence-electron chi connectivity index (χ2n) is 6.40. The van der Waals surface area contributed by atoms with Crippen LogP contribution in [0.15, 0.2) is 28.4 Å². The molecule has 1 aromatic carbocycles. The maximum atomic E-state index is 13.8. The third kappa shape index (κ3) is 5.02. The van der Waals surface area contributed by atoms with E-state index in [1.54, 1.807) is 27.7 Å². The van der Waals surface area contributed by atoms with Gasteiger partial charge in [-0.05, 0) is 39.8 Å². The minimum absolute atomic E-state index is 0.0828. The molecule has 0 saturated carbocycles. The Hall–Kier alpha value is -1.35. The smallest absolute Gasteiger partial charge is 0.307 e. The van der Waals surface area contributed by atoms with Crippen LogP contribution in [0, 0.1) is 11.6 Å². The van der Waals surface area contributed by atoms with E-state index in [0.717, 1.165) is 12.1 Å². The number of rotatable bonds is 12. The van der Waals surface area contributed by atoms with Gasteiger partial charge in [-0.3, -0.25) is 13.9 Å². The summed E-state index contributed by atoms with van der Waals surface area (Å²) in [6.45, 7) is 5.87. The zero-order valence-corrected chi connectivity index (χ0v) is 19.5. The summed E-state index contributed by atoms with van der Waals surface area (Å²) in [5.74, 6) is -2.70. The Balaban J connectivity index is 2.58. The second-order valence-corrected chi connectivity index (χ2v) is 11.3. The summed E-state index contributed by atoms with van der Waals surface area (Å²) in [4.78, 5) is 12.9. The largest absolute Gasteiger partial charge is 0.372 e. The minimum Gasteiger partial charge on any atom is -0.307 e. The van der Waals surface area contributed by atoms with Gasteiger partial charge >= 0.3 is 15.2 Å². The van der Waals surface area contributed by atoms with Crippen LogP contribution < -0.4 is 0 Å². The number of nitrogens with zero attached hydrogens (tertiary/aromatic N) is 2. The lowest BCUT2D eigenvalue weighted by atomic mass is 10.0. The van der Waals surface area contributed by atoms with Gasteiger partial charge in [-0.2, -0.15) is 10.2 Å². The molecule has 13 heteroatoms. The van der Waals surface area contributed by atoms with Crippen molar-refractivity contribution in [3.05, 3.63) is 35.4 Å². The van der Waals surface area contributed by atoms with Crippen molar-refractivity contribution in [3.8, 4) is 0 Å². The topological polar surface area (TPSA) is 113 Å². The van der Waals surface area contributed by atoms with E-state index >= 15 is 0 Å². The normalized spacial score (nSPS) is 18.5. The zero-order valence-electron chi connectivity index (χ0n) is 17.7. The maximum absolute atomic E-state index is 13.8. The van der Waals surface area contributed by atoms with Gasteiger partial charge in [0.05, 0.1) is 26.4 Å². The lowest BCUT2D eigenvalue weighted by molar-refractivity contribution is 0.0959. The number of hydrogen-bond acceptors (Lipinski definition) is 9. The molecular formula is C18H26F2N2O7P2. The molecule has 0 saturated heterocycles. The highest BCUT2D eigenvalue weighted by Gasteiger charge is 2.69. The van der Waals surface area contributed by atoms with Gasteiger partial charge in [0.1, 0.15) is 17.7 Å². The molecule has 1 aliphatic rings. The van der Waals surface area contributed by atoms with Crippen molar-refractivity contribution in [2.45, 2.75) is 45.2 Å². The summed E-state index contributed by atoms with van der Waals surface area (Å²) in [5, 5.41) is 5.56. The quantitative estimate of drug-likeness (QED) is 0.283. The van der Waals surface area contributed by atoms with Gasteiger partial charge in [-0.25, -0.2) is 8.78 Å². The molecule has 0 aromatic heterocycles. The van der Waals surface area contributed by atoms with Crippen molar-refractivity contribution in [1.29, 1.82) is 0 Å². The van der Waals surface area contributed by atoms with E-state index in [1.807, 2.05) is 0 Å². The molecule has 0 aliphatic carbocycles. The first-order valence-electron chi connectivity index (χ1n) is 9.82. The highest BCUT2D eigenvalue weighted by atomic mass is 31.2. The summed E-state index contributed by atoms with van der Waals surface area (Å²) in [6, 6.07) is 0.949. The molecule has 31 heavy (non-hydrogen) atoms. The Morgan fingerprint density at radius 2 is 1.35 bits per heavy atom. The van der Waals surface area contributed by atoms with Crippen LogP contribution in [0.2, 0.25) is 0 Å². The molecule has 2 rings (SSSR count). The van der Waals surface area contributed by atoms with Crippen LogP contribution in [-0.2, 0) is 27.2 Å². The van der Waals surface area contributed by atoms with E-state index in [2.05, 4.69) is 10.2 Å². The molecular weight excluding hydrogens is 456 g/mol. The number of hydrogen-bond donors (Lipinski definition) is 0. The fourth-order valence-electron chi connectivity index (χ4n) is 3.19. The Morgan fingerprint density at radius 3 is 1.74 bits per heavy atom. The molecule has 1 aromatic rings. The fourth-order valence-corrected chi connectivity index (χ4v) is 8.53. The first-order valence-corrected chi connectivity index (χ1v) is 12.9. The van der Waals surface area contributed by atoms with Crippen LogP contribution in [0.5, 0.6) is 0 Å². The maximum Gasteiger partial charge on any atom is 0.372 e. The van der Waals surface area contributed by atoms with Gasteiger partial charge in [0, 0.05) is 18.1 Å². The Morgan fingerprint density at radius 1 is 0.935 bits per heavy atom. The standard InChI is InChI=1S/C18H26F2N2O7P2/c1-5-26-30(24,27-6-2)18(31(25,28-7-3)29-8-4)12-16(21-22-18)17(23)13-9-14(19)11-15(20)10-13/h9-11,16H,5-8,12H2,1-4H3. The average Bonchev–Trinajstić information content (AvgIpc) is 3.15. The van der Waals surface area contributed by atoms with E-state index in [1.165, 1.54) is 0 Å². The summed E-state index contributed by atoms with van der Waals surface area (Å²) in [5.41, 5.74) is -0.303. The van der Waals surface area contributed by atoms with Crippen LogP contribution in [0.1, 0.15) is 44.5 Å². The second kappa shape index (κ2) is 10.5. The van der Waals surface area contributed by atoms with Crippen molar-refractivity contribution >= 4 is 21.0 Å². The zero-order chi connectivity index (χ0) is 23.3. The number of azo groups is 1. The monoisotopic (exact) mass is 482 g/mol. The lowest BCUT2D eigenvalue weighted by Crippen LogP contribution is -2.33. The number of Topliss-reactive ketones (excluding diaryl/α,β-unsaturated/α-hetero) is 1. The van der Waals surface area contributed by atoms with Crippen LogP contribution in [-0.4, -0.2) is 43.3 Å². The van der Waals surface area contributed by atoms with Gasteiger partial charge in [0.15, 0.2) is 5.78 Å². The molecule has 9 nitrogen and oxygen atoms in total. The Labute approximate surface area is 179 Å². The van der Waals surface area contributed by atoms with E-state index in [-0.39, 0.29) is 32.0 Å². The molecule has 1 atom stereocenters. The predicted molar refractivity (Wildman–Crippen MR) is 108 cm³/mol. The predicted octanol–water partition coefficient (Wildman–Crippen LogP) is 5.56. The first kappa shape index (κ1) is 25.9. The molecule has 0 spiro atoms. The van der Waals surface area contributed by atoms with Crippen molar-refractivity contribution in [1.82, 2.24) is 0 Å². The van der Waals surface area contributed by atoms with E-state index in [9.17, 15) is 22.7 Å². The average molecular weight is 482 g/mol. The number of carbonyl (C=O) groups is 1. The summed E-state index contributed by atoms with van der Waals surface area (Å²) in [7, 11) is -8.68. The molecule has 174 valence electrons. The van der Waals surface area contributed by atoms with Gasteiger partial charge in [0.2, 0.25) is 0 Å². The Bertz CT molecular complexity index is 858. The van der Waals surface area contributed by atoms with Crippen molar-refractivity contribution in [2.75, 3.05) is 26.4 Å². The summed E-state index contributed by atoms with van der Waals surface area (Å²) < 4.78 is 76.3. The lowest BCUT2D eigenvalue weighted by Gasteiger charge is -2.36. The number of halogens is 2. The van der Waals surface area contributed by atoms with Gasteiger partial charge < -0.3 is 18.1 Å². The van der Waals surface area contributed by atoms with Crippen LogP contribution in [0.25, 0.3) is 0 Å². The van der Waals surface area contributed by atoms with E-state index in [4.69, 9.17) is 18.1 Å². The summed E-state index contributed by atoms with van der Waals surface area (Å²) in [6.07, 6.45) is -0.515. The molecule has 1 unspecified atom stereocenters. The molecule has 0 N–H and O–H groups in total. The number of carbonyl (C=O) groups excluding carboxylic acids is 1. The molecule has 0 bridgehead atoms.